The highest BCUT2D eigenvalue weighted by atomic mass is 32.2. The zero-order valence-corrected chi connectivity index (χ0v) is 23.2. The molecule has 1 heterocycles. The van der Waals surface area contributed by atoms with Crippen molar-refractivity contribution >= 4 is 29.2 Å². The minimum atomic E-state index is 0.471. The van der Waals surface area contributed by atoms with Crippen LogP contribution in [0.3, 0.4) is 0 Å². The molecule has 0 amide bonds. The van der Waals surface area contributed by atoms with E-state index in [2.05, 4.69) is 35.9 Å². The molecule has 1 aliphatic heterocycles. The molecule has 0 aromatic heterocycles. The summed E-state index contributed by atoms with van der Waals surface area (Å²) in [4.78, 5) is 6.46. The molecule has 0 fully saturated rings. The minimum absolute atomic E-state index is 0.471. The molecular weight excluding hydrogens is 440 g/mol. The molecule has 0 spiro atoms. The van der Waals surface area contributed by atoms with Crippen LogP contribution >= 0.6 is 11.8 Å². The van der Waals surface area contributed by atoms with E-state index in [-0.39, 0.29) is 0 Å². The van der Waals surface area contributed by atoms with E-state index in [1.807, 2.05) is 83.9 Å². The van der Waals surface area contributed by atoms with E-state index in [0.717, 1.165) is 12.0 Å². The second-order valence-corrected chi connectivity index (χ2v) is 6.64. The summed E-state index contributed by atoms with van der Waals surface area (Å²) in [5.41, 5.74) is 1.36. The molecule has 0 atom stereocenters. The molecule has 0 aromatic carbocycles. The number of hydrogen-bond acceptors (Lipinski definition) is 7. The molecule has 0 unspecified atom stereocenters. The number of nitriles is 1. The number of nitrogens with one attached hydrogen (secondary N) is 1. The van der Waals surface area contributed by atoms with E-state index in [0.29, 0.717) is 35.3 Å². The first-order valence-electron chi connectivity index (χ1n) is 11.5. The third-order valence-electron chi connectivity index (χ3n) is 3.58. The summed E-state index contributed by atoms with van der Waals surface area (Å²) in [5.74, 6) is 1.13. The van der Waals surface area contributed by atoms with Crippen molar-refractivity contribution in [3.05, 3.63) is 72.9 Å². The van der Waals surface area contributed by atoms with Gasteiger partial charge in [-0.2, -0.15) is 15.4 Å². The van der Waals surface area contributed by atoms with Crippen molar-refractivity contribution in [3.8, 4) is 6.07 Å². The highest BCUT2D eigenvalue weighted by Crippen LogP contribution is 2.30. The van der Waals surface area contributed by atoms with Gasteiger partial charge in [-0.15, -0.1) is 11.8 Å². The first kappa shape index (κ1) is 35.5. The van der Waals surface area contributed by atoms with Gasteiger partial charge in [0.2, 0.25) is 0 Å². The predicted octanol–water partition coefficient (Wildman–Crippen LogP) is 7.55. The van der Waals surface area contributed by atoms with Gasteiger partial charge in [0.1, 0.15) is 22.5 Å². The van der Waals surface area contributed by atoms with E-state index < -0.39 is 0 Å². The third-order valence-corrected chi connectivity index (χ3v) is 4.26. The van der Waals surface area contributed by atoms with E-state index >= 15 is 0 Å². The Balaban J connectivity index is -0.00000106. The van der Waals surface area contributed by atoms with Crippen molar-refractivity contribution < 1.29 is 0 Å². The van der Waals surface area contributed by atoms with Crippen LogP contribution in [-0.2, 0) is 0 Å². The van der Waals surface area contributed by atoms with Crippen molar-refractivity contribution in [1.82, 2.24) is 9.91 Å². The Labute approximate surface area is 213 Å². The normalized spacial score (nSPS) is 12.6. The fraction of sp³-hybridized carbons (Fsp3) is 0.407. The minimum Gasteiger partial charge on any atom is -0.347 e. The Hall–Kier alpha value is -3.11. The molecule has 7 heteroatoms. The van der Waals surface area contributed by atoms with Crippen molar-refractivity contribution in [3.63, 3.8) is 0 Å². The molecule has 0 saturated heterocycles. The predicted molar refractivity (Wildman–Crippen MR) is 155 cm³/mol. The molecule has 1 rings (SSSR count). The number of hydrazone groups is 1. The van der Waals surface area contributed by atoms with Gasteiger partial charge in [-0.25, -0.2) is 4.99 Å². The molecule has 1 aliphatic rings. The summed E-state index contributed by atoms with van der Waals surface area (Å²) in [6, 6.07) is 2.28. The van der Waals surface area contributed by atoms with Crippen LogP contribution in [0.25, 0.3) is 0 Å². The number of aliphatic imine (C=N–C) groups is 1. The molecule has 6 nitrogen and oxygen atoms in total. The first-order valence-corrected chi connectivity index (χ1v) is 12.7. The van der Waals surface area contributed by atoms with Crippen LogP contribution in [0, 0.1) is 16.7 Å². The quantitative estimate of drug-likeness (QED) is 0.208. The Morgan fingerprint density at radius 2 is 1.88 bits per heavy atom. The standard InChI is InChI=1S/C20H25N5S.C3H7N.2C2H6/c1-7-10-12-16(4)15-24(13-11-8-2)20-18(14-21)19(26-6)23-17(5)25(20)22-9-3;1-2-3-4;2*1-2/h7-12H,1,4-5,13,15H2,2-3,6H3;3-4H,2H2,1H3;2*1-2H3/b11-8+,12-10-,22-9-;;;. The number of allylic oxidation sites excluding steroid dienone is 3. The summed E-state index contributed by atoms with van der Waals surface area (Å²) in [5, 5.41) is 22.7. The van der Waals surface area contributed by atoms with Crippen molar-refractivity contribution in [2.24, 2.45) is 10.1 Å². The average molecular weight is 485 g/mol. The molecular formula is C27H44N6S. The third kappa shape index (κ3) is 13.4. The van der Waals surface area contributed by atoms with E-state index in [4.69, 9.17) is 5.41 Å². The zero-order chi connectivity index (χ0) is 26.9. The van der Waals surface area contributed by atoms with Crippen LogP contribution in [0.15, 0.2) is 83.0 Å². The Kier molecular flexibility index (Phi) is 25.6. The molecule has 0 saturated carbocycles. The van der Waals surface area contributed by atoms with Gasteiger partial charge in [-0.1, -0.05) is 84.7 Å². The fourth-order valence-electron chi connectivity index (χ4n) is 2.28. The summed E-state index contributed by atoms with van der Waals surface area (Å²) >= 11 is 1.42. The number of nitrogens with zero attached hydrogens (tertiary/aromatic N) is 5. The molecule has 0 aliphatic carbocycles. The summed E-state index contributed by atoms with van der Waals surface area (Å²) in [7, 11) is 0. The maximum atomic E-state index is 9.78. The summed E-state index contributed by atoms with van der Waals surface area (Å²) in [6.07, 6.45) is 15.2. The van der Waals surface area contributed by atoms with Gasteiger partial charge < -0.3 is 10.3 Å². The summed E-state index contributed by atoms with van der Waals surface area (Å²) in [6.45, 7) is 26.6. The van der Waals surface area contributed by atoms with Gasteiger partial charge in [0.05, 0.1) is 0 Å². The van der Waals surface area contributed by atoms with Crippen molar-refractivity contribution in [2.75, 3.05) is 19.3 Å². The zero-order valence-electron chi connectivity index (χ0n) is 22.4. The molecule has 1 N–H and O–H groups in total. The maximum absolute atomic E-state index is 9.78. The van der Waals surface area contributed by atoms with Crippen LogP contribution in [0.2, 0.25) is 0 Å². The van der Waals surface area contributed by atoms with Gasteiger partial charge in [-0.3, -0.25) is 0 Å². The van der Waals surface area contributed by atoms with Gasteiger partial charge in [0.15, 0.2) is 5.82 Å². The van der Waals surface area contributed by atoms with Crippen LogP contribution in [-0.4, -0.2) is 46.7 Å². The van der Waals surface area contributed by atoms with E-state index in [1.165, 1.54) is 18.0 Å². The smallest absolute Gasteiger partial charge is 0.153 e. The maximum Gasteiger partial charge on any atom is 0.153 e. The number of rotatable bonds is 9. The lowest BCUT2D eigenvalue weighted by Crippen LogP contribution is -2.37. The van der Waals surface area contributed by atoms with Crippen LogP contribution in [0.1, 0.15) is 54.9 Å². The van der Waals surface area contributed by atoms with Crippen LogP contribution in [0.5, 0.6) is 0 Å². The van der Waals surface area contributed by atoms with E-state index in [9.17, 15) is 5.26 Å². The first-order chi connectivity index (χ1) is 16.4. The lowest BCUT2D eigenvalue weighted by atomic mass is 10.2. The highest BCUT2D eigenvalue weighted by molar-refractivity contribution is 8.13. The molecule has 0 aromatic rings. The van der Waals surface area contributed by atoms with Crippen molar-refractivity contribution in [2.45, 2.75) is 54.9 Å². The lowest BCUT2D eigenvalue weighted by Gasteiger charge is -2.35. The van der Waals surface area contributed by atoms with Crippen molar-refractivity contribution in [1.29, 1.82) is 10.7 Å². The lowest BCUT2D eigenvalue weighted by molar-refractivity contribution is 0.274. The largest absolute Gasteiger partial charge is 0.347 e. The second-order valence-electron chi connectivity index (χ2n) is 5.85. The average Bonchev–Trinajstić information content (AvgIpc) is 2.88. The topological polar surface area (TPSA) is 78.8 Å². The van der Waals surface area contributed by atoms with Gasteiger partial charge >= 0.3 is 0 Å². The van der Waals surface area contributed by atoms with Gasteiger partial charge in [-0.05, 0) is 38.3 Å². The van der Waals surface area contributed by atoms with Crippen LogP contribution in [0.4, 0.5) is 0 Å². The van der Waals surface area contributed by atoms with Gasteiger partial charge in [0, 0.05) is 19.3 Å². The Morgan fingerprint density at radius 3 is 2.29 bits per heavy atom. The summed E-state index contributed by atoms with van der Waals surface area (Å²) < 4.78 is 0. The fourth-order valence-corrected chi connectivity index (χ4v) is 2.82. The highest BCUT2D eigenvalue weighted by Gasteiger charge is 2.29. The Morgan fingerprint density at radius 1 is 1.29 bits per heavy atom. The number of hydrogen-bond donors (Lipinski definition) is 1. The monoisotopic (exact) mass is 484 g/mol. The van der Waals surface area contributed by atoms with E-state index in [1.54, 1.807) is 17.3 Å². The molecule has 34 heavy (non-hydrogen) atoms. The molecule has 188 valence electrons. The number of thioether (sulfide) groups is 1. The SMILES string of the molecule is C=C/C=C\C(=C)CN(C/C=C/C)C1=C(C#N)C(SC)=NC(=C)N1/N=C\C.CC.CC.CCC=N. The molecule has 0 bridgehead atoms. The second kappa shape index (κ2) is 24.5. The van der Waals surface area contributed by atoms with Crippen LogP contribution < -0.4 is 0 Å². The Bertz CT molecular complexity index is 809. The van der Waals surface area contributed by atoms with Gasteiger partial charge in [0.25, 0.3) is 0 Å². The molecule has 0 radical (unpaired) electrons.